The normalized spacial score (nSPS) is 13.6. The predicted octanol–water partition coefficient (Wildman–Crippen LogP) is 11.9. The predicted molar refractivity (Wildman–Crippen MR) is 201 cm³/mol. The Labute approximate surface area is 296 Å². The molecular weight excluding hydrogens is 625 g/mol. The Morgan fingerprint density at radius 3 is 1.48 bits per heavy atom. The average molecular weight is 704 g/mol. The molecule has 8 nitrogen and oxygen atoms in total. The Morgan fingerprint density at radius 1 is 0.625 bits per heavy atom. The van der Waals surface area contributed by atoms with E-state index < -0.39 is 13.9 Å². The standard InChI is InChI=1S/C39H78NO7P/c1-3-5-7-9-11-13-15-17-19-20-22-24-26-28-30-32-39(41)47-38(37-46-48(42,43)45-35-33-40)36-44-34-31-29-27-25-23-21-18-16-14-12-10-8-6-4-2/h31,34,38H,3-30,32-33,35-37,40H2,1-2H3,(H,42,43)/b34-31-/t38-/m1/s1. The molecule has 48 heavy (non-hydrogen) atoms. The summed E-state index contributed by atoms with van der Waals surface area (Å²) in [6.45, 7) is 4.26. The van der Waals surface area contributed by atoms with Gasteiger partial charge in [0, 0.05) is 13.0 Å². The summed E-state index contributed by atoms with van der Waals surface area (Å²) >= 11 is 0. The lowest BCUT2D eigenvalue weighted by Crippen LogP contribution is -2.27. The molecule has 9 heteroatoms. The first-order valence-corrected chi connectivity index (χ1v) is 21.7. The minimum absolute atomic E-state index is 0.0381. The van der Waals surface area contributed by atoms with Crippen LogP contribution in [-0.4, -0.2) is 43.3 Å². The van der Waals surface area contributed by atoms with Crippen molar-refractivity contribution in [2.45, 2.75) is 206 Å². The number of phosphoric acid groups is 1. The molecule has 0 radical (unpaired) electrons. The van der Waals surface area contributed by atoms with E-state index in [1.807, 2.05) is 6.08 Å². The van der Waals surface area contributed by atoms with Crippen molar-refractivity contribution >= 4 is 13.8 Å². The number of allylic oxidation sites excluding steroid dienone is 1. The summed E-state index contributed by atoms with van der Waals surface area (Å²) in [7, 11) is -4.28. The third-order valence-corrected chi connectivity index (χ3v) is 9.76. The van der Waals surface area contributed by atoms with Crippen LogP contribution in [0.1, 0.15) is 200 Å². The van der Waals surface area contributed by atoms with Crippen molar-refractivity contribution in [3.63, 3.8) is 0 Å². The van der Waals surface area contributed by atoms with Crippen molar-refractivity contribution in [3.8, 4) is 0 Å². The highest BCUT2D eigenvalue weighted by molar-refractivity contribution is 7.47. The van der Waals surface area contributed by atoms with Gasteiger partial charge in [-0.25, -0.2) is 4.57 Å². The molecular formula is C39H78NO7P. The summed E-state index contributed by atoms with van der Waals surface area (Å²) in [5.74, 6) is -0.349. The second kappa shape index (κ2) is 37.3. The Morgan fingerprint density at radius 2 is 1.04 bits per heavy atom. The third kappa shape index (κ3) is 36.4. The zero-order chi connectivity index (χ0) is 35.2. The Bertz CT molecular complexity index is 752. The molecule has 286 valence electrons. The van der Waals surface area contributed by atoms with Crippen LogP contribution in [0.15, 0.2) is 12.3 Å². The first-order valence-electron chi connectivity index (χ1n) is 20.2. The molecule has 1 unspecified atom stereocenters. The average Bonchev–Trinajstić information content (AvgIpc) is 3.07. The van der Waals surface area contributed by atoms with Crippen LogP contribution in [0.5, 0.6) is 0 Å². The van der Waals surface area contributed by atoms with Gasteiger partial charge in [0.25, 0.3) is 0 Å². The number of nitrogens with two attached hydrogens (primary N) is 1. The molecule has 0 saturated carbocycles. The fourth-order valence-electron chi connectivity index (χ4n) is 5.79. The van der Waals surface area contributed by atoms with Crippen molar-refractivity contribution in [3.05, 3.63) is 12.3 Å². The number of hydrogen-bond acceptors (Lipinski definition) is 7. The zero-order valence-corrected chi connectivity index (χ0v) is 32.4. The molecule has 0 amide bonds. The van der Waals surface area contributed by atoms with E-state index in [0.717, 1.165) is 32.1 Å². The van der Waals surface area contributed by atoms with Crippen LogP contribution in [0.25, 0.3) is 0 Å². The fourth-order valence-corrected chi connectivity index (χ4v) is 6.55. The second-order valence-corrected chi connectivity index (χ2v) is 15.0. The van der Waals surface area contributed by atoms with Crippen LogP contribution >= 0.6 is 7.82 Å². The van der Waals surface area contributed by atoms with E-state index in [0.29, 0.717) is 6.42 Å². The number of carbonyl (C=O) groups is 1. The summed E-state index contributed by atoms with van der Waals surface area (Å²) in [5, 5.41) is 0. The molecule has 0 heterocycles. The van der Waals surface area contributed by atoms with Gasteiger partial charge in [-0.15, -0.1) is 0 Å². The van der Waals surface area contributed by atoms with Crippen molar-refractivity contribution in [1.29, 1.82) is 0 Å². The van der Waals surface area contributed by atoms with Gasteiger partial charge in [0.1, 0.15) is 6.61 Å². The molecule has 0 aromatic rings. The SMILES string of the molecule is CCCCCCCCCCCCCC/C=C\OC[C@H](COP(=O)(O)OCCN)OC(=O)CCCCCCCCCCCCCCCCC. The Kier molecular flexibility index (Phi) is 36.6. The molecule has 0 spiro atoms. The van der Waals surface area contributed by atoms with Gasteiger partial charge in [-0.1, -0.05) is 174 Å². The molecule has 0 aliphatic heterocycles. The molecule has 0 rings (SSSR count). The number of esters is 1. The maximum absolute atomic E-state index is 12.5. The molecule has 0 aromatic carbocycles. The minimum atomic E-state index is -4.28. The number of unbranched alkanes of at least 4 members (excludes halogenated alkanes) is 26. The number of ether oxygens (including phenoxy) is 2. The largest absolute Gasteiger partial charge is 0.498 e. The number of hydrogen-bond donors (Lipinski definition) is 2. The van der Waals surface area contributed by atoms with Gasteiger partial charge in [-0.2, -0.15) is 0 Å². The van der Waals surface area contributed by atoms with Crippen LogP contribution in [0.4, 0.5) is 0 Å². The van der Waals surface area contributed by atoms with E-state index >= 15 is 0 Å². The lowest BCUT2D eigenvalue weighted by molar-refractivity contribution is -0.153. The first-order chi connectivity index (χ1) is 23.4. The van der Waals surface area contributed by atoms with Crippen LogP contribution in [0, 0.1) is 0 Å². The number of carbonyl (C=O) groups excluding carboxylic acids is 1. The molecule has 0 fully saturated rings. The van der Waals surface area contributed by atoms with Gasteiger partial charge in [-0.05, 0) is 25.3 Å². The van der Waals surface area contributed by atoms with Crippen LogP contribution in [0.2, 0.25) is 0 Å². The molecule has 0 saturated heterocycles. The monoisotopic (exact) mass is 704 g/mol. The van der Waals surface area contributed by atoms with Crippen LogP contribution < -0.4 is 5.73 Å². The highest BCUT2D eigenvalue weighted by Crippen LogP contribution is 2.43. The Hall–Kier alpha value is -0.920. The van der Waals surface area contributed by atoms with Gasteiger partial charge < -0.3 is 20.1 Å². The van der Waals surface area contributed by atoms with Crippen molar-refractivity contribution in [2.75, 3.05) is 26.4 Å². The summed E-state index contributed by atoms with van der Waals surface area (Å²) in [4.78, 5) is 22.4. The highest BCUT2D eigenvalue weighted by atomic mass is 31.2. The lowest BCUT2D eigenvalue weighted by atomic mass is 10.0. The highest BCUT2D eigenvalue weighted by Gasteiger charge is 2.25. The second-order valence-electron chi connectivity index (χ2n) is 13.6. The van der Waals surface area contributed by atoms with Gasteiger partial charge in [0.15, 0.2) is 6.10 Å². The Balaban J connectivity index is 4.08. The van der Waals surface area contributed by atoms with Crippen LogP contribution in [0.3, 0.4) is 0 Å². The number of phosphoric ester groups is 1. The number of rotatable bonds is 39. The topological polar surface area (TPSA) is 117 Å². The van der Waals surface area contributed by atoms with Gasteiger partial charge in [0.2, 0.25) is 0 Å². The first kappa shape index (κ1) is 47.1. The zero-order valence-electron chi connectivity index (χ0n) is 31.5. The van der Waals surface area contributed by atoms with Crippen molar-refractivity contribution < 1.29 is 32.8 Å². The quantitative estimate of drug-likeness (QED) is 0.0281. The van der Waals surface area contributed by atoms with Gasteiger partial charge >= 0.3 is 13.8 Å². The van der Waals surface area contributed by atoms with E-state index in [1.54, 1.807) is 6.26 Å². The molecule has 2 atom stereocenters. The maximum Gasteiger partial charge on any atom is 0.472 e. The van der Waals surface area contributed by atoms with Crippen molar-refractivity contribution in [2.24, 2.45) is 5.73 Å². The summed E-state index contributed by atoms with van der Waals surface area (Å²) in [6.07, 6.45) is 38.8. The van der Waals surface area contributed by atoms with Crippen molar-refractivity contribution in [1.82, 2.24) is 0 Å². The fraction of sp³-hybridized carbons (Fsp3) is 0.923. The van der Waals surface area contributed by atoms with E-state index in [2.05, 4.69) is 13.8 Å². The molecule has 0 aliphatic carbocycles. The molecule has 0 aliphatic rings. The minimum Gasteiger partial charge on any atom is -0.498 e. The molecule has 3 N–H and O–H groups in total. The lowest BCUT2D eigenvalue weighted by Gasteiger charge is -2.19. The van der Waals surface area contributed by atoms with Crippen LogP contribution in [-0.2, 0) is 27.9 Å². The van der Waals surface area contributed by atoms with Gasteiger partial charge in [0.05, 0.1) is 19.5 Å². The maximum atomic E-state index is 12.5. The van der Waals surface area contributed by atoms with E-state index in [9.17, 15) is 14.3 Å². The van der Waals surface area contributed by atoms with Gasteiger partial charge in [-0.3, -0.25) is 13.8 Å². The summed E-state index contributed by atoms with van der Waals surface area (Å²) in [6, 6.07) is 0. The van der Waals surface area contributed by atoms with E-state index in [1.165, 1.54) is 148 Å². The summed E-state index contributed by atoms with van der Waals surface area (Å²) in [5.41, 5.74) is 5.35. The molecule has 0 aromatic heterocycles. The molecule has 0 bridgehead atoms. The smallest absolute Gasteiger partial charge is 0.472 e. The van der Waals surface area contributed by atoms with E-state index in [4.69, 9.17) is 24.3 Å². The van der Waals surface area contributed by atoms with E-state index in [-0.39, 0.29) is 32.3 Å². The summed E-state index contributed by atoms with van der Waals surface area (Å²) < 4.78 is 33.1. The third-order valence-electron chi connectivity index (χ3n) is 8.78.